The molecule has 112 valence electrons. The van der Waals surface area contributed by atoms with Gasteiger partial charge >= 0.3 is 0 Å². The molecule has 0 saturated heterocycles. The summed E-state index contributed by atoms with van der Waals surface area (Å²) in [5.74, 6) is 0.331. The Morgan fingerprint density at radius 3 is 2.57 bits per heavy atom. The summed E-state index contributed by atoms with van der Waals surface area (Å²) in [7, 11) is 1.62. The predicted molar refractivity (Wildman–Crippen MR) is 92.3 cm³/mol. The summed E-state index contributed by atoms with van der Waals surface area (Å²) in [4.78, 5) is -0.345. The molecule has 2 aromatic rings. The summed E-state index contributed by atoms with van der Waals surface area (Å²) >= 11 is 13.0. The minimum Gasteiger partial charge on any atom is -0.496 e. The molecule has 0 amide bonds. The van der Waals surface area contributed by atoms with E-state index in [0.29, 0.717) is 5.56 Å². The number of rotatable bonds is 3. The molecule has 0 aliphatic carbocycles. The Bertz CT molecular complexity index is 688. The Hall–Kier alpha value is -0.580. The number of aryl methyl sites for hydroxylation is 1. The van der Waals surface area contributed by atoms with Crippen molar-refractivity contribution < 1.29 is 9.13 Å². The number of hydrogen-bond donors (Lipinski definition) is 0. The maximum atomic E-state index is 14.3. The van der Waals surface area contributed by atoms with E-state index in [1.54, 1.807) is 19.2 Å². The molecule has 0 spiro atoms. The molecule has 0 aliphatic heterocycles. The molecule has 0 aliphatic rings. The van der Waals surface area contributed by atoms with Crippen LogP contribution in [0, 0.1) is 19.7 Å². The van der Waals surface area contributed by atoms with Gasteiger partial charge in [0.05, 0.1) is 17.0 Å². The Kier molecular flexibility index (Phi) is 5.33. The first-order chi connectivity index (χ1) is 9.88. The van der Waals surface area contributed by atoms with E-state index in [9.17, 15) is 4.39 Å². The molecule has 5 heteroatoms. The number of methoxy groups -OCH3 is 1. The van der Waals surface area contributed by atoms with Gasteiger partial charge in [-0.25, -0.2) is 4.39 Å². The molecule has 0 radical (unpaired) electrons. The lowest BCUT2D eigenvalue weighted by atomic mass is 9.96. The van der Waals surface area contributed by atoms with Gasteiger partial charge < -0.3 is 4.74 Å². The highest BCUT2D eigenvalue weighted by molar-refractivity contribution is 9.10. The smallest absolute Gasteiger partial charge is 0.146 e. The Balaban J connectivity index is 2.68. The van der Waals surface area contributed by atoms with Gasteiger partial charge in [0.2, 0.25) is 0 Å². The van der Waals surface area contributed by atoms with Crippen LogP contribution >= 0.6 is 43.5 Å². The van der Waals surface area contributed by atoms with Gasteiger partial charge in [0.25, 0.3) is 0 Å². The van der Waals surface area contributed by atoms with Gasteiger partial charge in [-0.1, -0.05) is 55.6 Å². The fourth-order valence-electron chi connectivity index (χ4n) is 2.32. The van der Waals surface area contributed by atoms with E-state index >= 15 is 0 Å². The molecule has 21 heavy (non-hydrogen) atoms. The average Bonchev–Trinajstić information content (AvgIpc) is 2.44. The largest absolute Gasteiger partial charge is 0.496 e. The summed E-state index contributed by atoms with van der Waals surface area (Å²) in [5.41, 5.74) is 3.36. The van der Waals surface area contributed by atoms with Crippen molar-refractivity contribution >= 4 is 43.5 Å². The van der Waals surface area contributed by atoms with E-state index in [4.69, 9.17) is 16.3 Å². The summed E-state index contributed by atoms with van der Waals surface area (Å²) < 4.78 is 20.8. The SMILES string of the molecule is COc1c(C)cc(Br)c(C)c1C(Br)c1cccc(Cl)c1F. The van der Waals surface area contributed by atoms with Crippen LogP contribution in [-0.4, -0.2) is 7.11 Å². The topological polar surface area (TPSA) is 9.23 Å². The fourth-order valence-corrected chi connectivity index (χ4v) is 3.97. The first-order valence-corrected chi connectivity index (χ1v) is 8.38. The molecule has 0 bridgehead atoms. The minimum absolute atomic E-state index is 0.111. The van der Waals surface area contributed by atoms with Crippen molar-refractivity contribution in [2.45, 2.75) is 18.7 Å². The van der Waals surface area contributed by atoms with E-state index in [2.05, 4.69) is 31.9 Å². The molecule has 0 saturated carbocycles. The summed E-state index contributed by atoms with van der Waals surface area (Å²) in [6, 6.07) is 6.99. The third kappa shape index (κ3) is 3.13. The Morgan fingerprint density at radius 2 is 1.95 bits per heavy atom. The Morgan fingerprint density at radius 1 is 1.29 bits per heavy atom. The van der Waals surface area contributed by atoms with Gasteiger partial charge in [0.1, 0.15) is 11.6 Å². The first-order valence-electron chi connectivity index (χ1n) is 6.30. The highest BCUT2D eigenvalue weighted by atomic mass is 79.9. The monoisotopic (exact) mass is 434 g/mol. The van der Waals surface area contributed by atoms with Crippen molar-refractivity contribution in [3.63, 3.8) is 0 Å². The predicted octanol–water partition coefficient (Wildman–Crippen LogP) is 6.35. The van der Waals surface area contributed by atoms with Crippen LogP contribution in [0.25, 0.3) is 0 Å². The van der Waals surface area contributed by atoms with Crippen molar-refractivity contribution in [3.05, 3.63) is 61.8 Å². The maximum absolute atomic E-state index is 14.3. The second kappa shape index (κ2) is 6.67. The van der Waals surface area contributed by atoms with Gasteiger partial charge in [-0.3, -0.25) is 0 Å². The lowest BCUT2D eigenvalue weighted by Gasteiger charge is -2.21. The number of benzene rings is 2. The van der Waals surface area contributed by atoms with Crippen molar-refractivity contribution in [3.8, 4) is 5.75 Å². The van der Waals surface area contributed by atoms with Crippen molar-refractivity contribution in [2.24, 2.45) is 0 Å². The standard InChI is InChI=1S/C16H14Br2ClFO/c1-8-7-11(17)9(2)13(16(8)21-3)14(18)10-5-4-6-12(19)15(10)20/h4-7,14H,1-3H3. The molecular weight excluding hydrogens is 422 g/mol. The lowest BCUT2D eigenvalue weighted by molar-refractivity contribution is 0.406. The van der Waals surface area contributed by atoms with Crippen molar-refractivity contribution in [2.75, 3.05) is 7.11 Å². The van der Waals surface area contributed by atoms with Crippen molar-refractivity contribution in [1.82, 2.24) is 0 Å². The second-order valence-corrected chi connectivity index (χ2v) is 6.93. The number of alkyl halides is 1. The van der Waals surface area contributed by atoms with Crippen LogP contribution in [0.2, 0.25) is 5.02 Å². The molecule has 2 aromatic carbocycles. The molecule has 1 nitrogen and oxygen atoms in total. The third-order valence-corrected chi connectivity index (χ3v) is 5.49. The molecule has 0 aromatic heterocycles. The van der Waals surface area contributed by atoms with Crippen LogP contribution < -0.4 is 4.74 Å². The lowest BCUT2D eigenvalue weighted by Crippen LogP contribution is -2.04. The highest BCUT2D eigenvalue weighted by Gasteiger charge is 2.24. The van der Waals surface area contributed by atoms with Gasteiger partial charge in [-0.15, -0.1) is 0 Å². The van der Waals surface area contributed by atoms with Crippen LogP contribution in [0.1, 0.15) is 27.1 Å². The molecule has 0 N–H and O–H groups in total. The zero-order valence-electron chi connectivity index (χ0n) is 11.8. The molecule has 1 atom stereocenters. The third-order valence-electron chi connectivity index (χ3n) is 3.42. The Labute approximate surface area is 145 Å². The average molecular weight is 437 g/mol. The van der Waals surface area contributed by atoms with E-state index in [-0.39, 0.29) is 9.85 Å². The molecule has 1 unspecified atom stereocenters. The summed E-state index contributed by atoms with van der Waals surface area (Å²) in [5, 5.41) is 0.111. The quantitative estimate of drug-likeness (QED) is 0.510. The van der Waals surface area contributed by atoms with E-state index in [0.717, 1.165) is 26.9 Å². The van der Waals surface area contributed by atoms with Gasteiger partial charge in [-0.05, 0) is 37.1 Å². The minimum atomic E-state index is -0.417. The van der Waals surface area contributed by atoms with Crippen LogP contribution in [-0.2, 0) is 0 Å². The van der Waals surface area contributed by atoms with Crippen LogP contribution in [0.4, 0.5) is 4.39 Å². The van der Waals surface area contributed by atoms with E-state index in [1.165, 1.54) is 6.07 Å². The van der Waals surface area contributed by atoms with Gasteiger partial charge in [-0.2, -0.15) is 0 Å². The van der Waals surface area contributed by atoms with Crippen molar-refractivity contribution in [1.29, 1.82) is 0 Å². The molecular formula is C16H14Br2ClFO. The highest BCUT2D eigenvalue weighted by Crippen LogP contribution is 2.44. The fraction of sp³-hybridized carbons (Fsp3) is 0.250. The first kappa shape index (κ1) is 16.8. The van der Waals surface area contributed by atoms with E-state index < -0.39 is 5.82 Å². The normalized spacial score (nSPS) is 12.3. The molecule has 2 rings (SSSR count). The number of ether oxygens (including phenoxy) is 1. The summed E-state index contributed by atoms with van der Waals surface area (Å²) in [6.07, 6.45) is 0. The molecule has 0 fully saturated rings. The second-order valence-electron chi connectivity index (χ2n) is 4.75. The summed E-state index contributed by atoms with van der Waals surface area (Å²) in [6.45, 7) is 3.93. The van der Waals surface area contributed by atoms with E-state index in [1.807, 2.05) is 19.9 Å². The van der Waals surface area contributed by atoms with Gasteiger partial charge in [0, 0.05) is 15.6 Å². The maximum Gasteiger partial charge on any atom is 0.146 e. The zero-order chi connectivity index (χ0) is 15.7. The number of halogens is 4. The van der Waals surface area contributed by atoms with Crippen LogP contribution in [0.5, 0.6) is 5.75 Å². The van der Waals surface area contributed by atoms with Gasteiger partial charge in [0.15, 0.2) is 0 Å². The van der Waals surface area contributed by atoms with Crippen LogP contribution in [0.15, 0.2) is 28.7 Å². The molecule has 0 heterocycles. The number of hydrogen-bond acceptors (Lipinski definition) is 1. The zero-order valence-corrected chi connectivity index (χ0v) is 15.7. The van der Waals surface area contributed by atoms with Crippen LogP contribution in [0.3, 0.4) is 0 Å².